The van der Waals surface area contributed by atoms with Crippen LogP contribution in [0.4, 0.5) is 0 Å². The van der Waals surface area contributed by atoms with Crippen LogP contribution in [0.5, 0.6) is 0 Å². The molecule has 8 atom stereocenters. The number of Topliss-reactive ketones (excluding diaryl/α,β-unsaturated/α-hetero) is 1. The molecular weight excluding hydrogens is 618 g/mol. The SMILES string of the molecule is CC(C)C1=C2C3CCC4[C@@]5(C)CC[C@H](OC(=O)CC(C)(C)C(=O)O)C(C)(C)C5CC[C@@]4(C)[C@]3(C)CC[C@@]2(NC(=O)c2cncnc2)CC1=O. The summed E-state index contributed by atoms with van der Waals surface area (Å²) < 4.78 is 6.14. The number of carbonyl (C=O) groups excluding carboxylic acids is 3. The van der Waals surface area contributed by atoms with E-state index in [9.17, 15) is 24.3 Å². The van der Waals surface area contributed by atoms with Crippen LogP contribution >= 0.6 is 0 Å². The van der Waals surface area contributed by atoms with Gasteiger partial charge in [-0.1, -0.05) is 48.5 Å². The fourth-order valence-corrected chi connectivity index (χ4v) is 12.3. The van der Waals surface area contributed by atoms with Crippen LogP contribution in [0.1, 0.15) is 137 Å². The molecule has 9 nitrogen and oxygen atoms in total. The summed E-state index contributed by atoms with van der Waals surface area (Å²) in [4.78, 5) is 60.4. The van der Waals surface area contributed by atoms with E-state index in [0.717, 1.165) is 56.9 Å². The molecule has 1 amide bonds. The second-order valence-corrected chi connectivity index (χ2v) is 18.6. The van der Waals surface area contributed by atoms with Crippen LogP contribution in [0, 0.1) is 50.7 Å². The van der Waals surface area contributed by atoms with Crippen LogP contribution in [0.15, 0.2) is 29.9 Å². The lowest BCUT2D eigenvalue weighted by molar-refractivity contribution is -0.232. The summed E-state index contributed by atoms with van der Waals surface area (Å²) in [6.45, 7) is 19.4. The van der Waals surface area contributed by atoms with E-state index in [1.807, 2.05) is 0 Å². The minimum absolute atomic E-state index is 0.0242. The number of aromatic nitrogens is 2. The monoisotopic (exact) mass is 675 g/mol. The first-order chi connectivity index (χ1) is 22.7. The number of ether oxygens (including phenoxy) is 1. The highest BCUT2D eigenvalue weighted by Crippen LogP contribution is 2.76. The zero-order valence-corrected chi connectivity index (χ0v) is 31.1. The first kappa shape index (κ1) is 35.7. The number of nitrogens with zero attached hydrogens (tertiary/aromatic N) is 2. The fourth-order valence-electron chi connectivity index (χ4n) is 12.3. The Morgan fingerprint density at radius 1 is 0.939 bits per heavy atom. The Bertz CT molecular complexity index is 1580. The van der Waals surface area contributed by atoms with E-state index < -0.39 is 22.9 Å². The number of allylic oxidation sites excluding steroid dienone is 1. The molecule has 1 heterocycles. The van der Waals surface area contributed by atoms with Gasteiger partial charge in [-0.25, -0.2) is 9.97 Å². The molecule has 1 aromatic heterocycles. The number of nitrogens with one attached hydrogen (secondary N) is 1. The lowest BCUT2D eigenvalue weighted by atomic mass is 9.33. The largest absolute Gasteiger partial charge is 0.481 e. The number of fused-ring (bicyclic) bond motifs is 7. The topological polar surface area (TPSA) is 136 Å². The number of hydrogen-bond donors (Lipinski definition) is 2. The molecule has 5 aliphatic rings. The number of carboxylic acids is 1. The third-order valence-corrected chi connectivity index (χ3v) is 15.0. The first-order valence-electron chi connectivity index (χ1n) is 18.5. The molecule has 6 rings (SSSR count). The summed E-state index contributed by atoms with van der Waals surface area (Å²) >= 11 is 0. The number of amides is 1. The van der Waals surface area contributed by atoms with Crippen molar-refractivity contribution < 1.29 is 29.0 Å². The van der Waals surface area contributed by atoms with Gasteiger partial charge >= 0.3 is 11.9 Å². The summed E-state index contributed by atoms with van der Waals surface area (Å²) in [6, 6.07) is 0. The number of aliphatic carboxylic acids is 1. The van der Waals surface area contributed by atoms with E-state index in [-0.39, 0.29) is 57.7 Å². The zero-order valence-electron chi connectivity index (χ0n) is 31.1. The van der Waals surface area contributed by atoms with Crippen LogP contribution in [-0.4, -0.2) is 50.3 Å². The summed E-state index contributed by atoms with van der Waals surface area (Å²) in [7, 11) is 0. The van der Waals surface area contributed by atoms with Crippen molar-refractivity contribution in [3.05, 3.63) is 35.4 Å². The highest BCUT2D eigenvalue weighted by Gasteiger charge is 2.70. The quantitative estimate of drug-likeness (QED) is 0.287. The van der Waals surface area contributed by atoms with Gasteiger partial charge in [0.1, 0.15) is 12.4 Å². The molecule has 0 saturated heterocycles. The summed E-state index contributed by atoms with van der Waals surface area (Å²) in [5, 5.41) is 13.0. The second kappa shape index (κ2) is 11.7. The van der Waals surface area contributed by atoms with Crippen LogP contribution in [0.2, 0.25) is 0 Å². The summed E-state index contributed by atoms with van der Waals surface area (Å²) in [5.41, 5.74) is 0.438. The Balaban J connectivity index is 1.30. The van der Waals surface area contributed by atoms with Crippen LogP contribution in [0.3, 0.4) is 0 Å². The average molecular weight is 676 g/mol. The first-order valence-corrected chi connectivity index (χ1v) is 18.5. The third-order valence-electron chi connectivity index (χ3n) is 15.0. The number of hydrogen-bond acceptors (Lipinski definition) is 7. The molecule has 2 N–H and O–H groups in total. The third kappa shape index (κ3) is 5.30. The van der Waals surface area contributed by atoms with Gasteiger partial charge in [0, 0.05) is 24.2 Å². The number of ketones is 1. The molecule has 5 aliphatic carbocycles. The van der Waals surface area contributed by atoms with Crippen molar-refractivity contribution in [3.63, 3.8) is 0 Å². The molecule has 268 valence electrons. The lowest BCUT2D eigenvalue weighted by Crippen LogP contribution is -2.67. The Morgan fingerprint density at radius 3 is 2.24 bits per heavy atom. The molecular formula is C40H57N3O6. The molecule has 4 saturated carbocycles. The minimum atomic E-state index is -1.17. The van der Waals surface area contributed by atoms with Gasteiger partial charge in [0.2, 0.25) is 0 Å². The van der Waals surface area contributed by atoms with Crippen molar-refractivity contribution >= 4 is 23.6 Å². The Labute approximate surface area is 291 Å². The highest BCUT2D eigenvalue weighted by molar-refractivity contribution is 6.03. The Kier molecular flexibility index (Phi) is 8.55. The van der Waals surface area contributed by atoms with E-state index in [1.165, 1.54) is 24.3 Å². The molecule has 9 heteroatoms. The predicted octanol–water partition coefficient (Wildman–Crippen LogP) is 7.35. The minimum Gasteiger partial charge on any atom is -0.481 e. The van der Waals surface area contributed by atoms with E-state index >= 15 is 0 Å². The molecule has 0 aliphatic heterocycles. The Morgan fingerprint density at radius 2 is 1.61 bits per heavy atom. The van der Waals surface area contributed by atoms with Gasteiger partial charge in [-0.15, -0.1) is 0 Å². The molecule has 49 heavy (non-hydrogen) atoms. The van der Waals surface area contributed by atoms with Crippen LogP contribution in [0.25, 0.3) is 0 Å². The molecule has 0 bridgehead atoms. The van der Waals surface area contributed by atoms with Crippen molar-refractivity contribution in [3.8, 4) is 0 Å². The number of carbonyl (C=O) groups is 4. The van der Waals surface area contributed by atoms with Crippen LogP contribution < -0.4 is 5.32 Å². The van der Waals surface area contributed by atoms with Gasteiger partial charge in [0.25, 0.3) is 5.91 Å². The Hall–Kier alpha value is -3.10. The van der Waals surface area contributed by atoms with Crippen molar-refractivity contribution in [2.45, 2.75) is 138 Å². The zero-order chi connectivity index (χ0) is 35.9. The maximum atomic E-state index is 13.9. The number of rotatable bonds is 7. The molecule has 0 spiro atoms. The maximum Gasteiger partial charge on any atom is 0.309 e. The molecule has 0 aromatic carbocycles. The van der Waals surface area contributed by atoms with Crippen molar-refractivity contribution in [1.29, 1.82) is 0 Å². The smallest absolute Gasteiger partial charge is 0.309 e. The van der Waals surface area contributed by atoms with E-state index in [4.69, 9.17) is 4.74 Å². The van der Waals surface area contributed by atoms with Gasteiger partial charge in [-0.2, -0.15) is 0 Å². The molecule has 1 aromatic rings. The normalized spacial score (nSPS) is 38.2. The number of esters is 1. The summed E-state index contributed by atoms with van der Waals surface area (Å²) in [6.07, 6.45) is 11.9. The van der Waals surface area contributed by atoms with Crippen molar-refractivity contribution in [2.75, 3.05) is 0 Å². The molecule has 0 radical (unpaired) electrons. The van der Waals surface area contributed by atoms with Gasteiger partial charge in [0.05, 0.1) is 22.9 Å². The highest BCUT2D eigenvalue weighted by atomic mass is 16.5. The average Bonchev–Trinajstić information content (AvgIpc) is 3.30. The molecule has 3 unspecified atom stereocenters. The molecule has 4 fully saturated rings. The van der Waals surface area contributed by atoms with Gasteiger partial charge in [-0.05, 0) is 116 Å². The van der Waals surface area contributed by atoms with Crippen molar-refractivity contribution in [1.82, 2.24) is 15.3 Å². The van der Waals surface area contributed by atoms with Gasteiger partial charge < -0.3 is 15.2 Å². The van der Waals surface area contributed by atoms with Gasteiger partial charge in [-0.3, -0.25) is 19.2 Å². The predicted molar refractivity (Wildman–Crippen MR) is 185 cm³/mol. The van der Waals surface area contributed by atoms with Gasteiger partial charge in [0.15, 0.2) is 5.78 Å². The summed E-state index contributed by atoms with van der Waals surface area (Å²) in [5.74, 6) is -0.398. The second-order valence-electron chi connectivity index (χ2n) is 18.6. The van der Waals surface area contributed by atoms with E-state index in [2.05, 4.69) is 63.8 Å². The fraction of sp³-hybridized carbons (Fsp3) is 0.750. The van der Waals surface area contributed by atoms with Crippen LogP contribution in [-0.2, 0) is 19.1 Å². The maximum absolute atomic E-state index is 13.9. The number of carboxylic acid groups (broad SMARTS) is 1. The van der Waals surface area contributed by atoms with E-state index in [0.29, 0.717) is 23.8 Å². The lowest BCUT2D eigenvalue weighted by Gasteiger charge is -2.72. The van der Waals surface area contributed by atoms with E-state index in [1.54, 1.807) is 13.8 Å². The van der Waals surface area contributed by atoms with Crippen molar-refractivity contribution in [2.24, 2.45) is 50.7 Å². The standard InChI is InChI=1S/C40H57N3O6/c1-23(2)31-26(44)18-40(43-33(46)24-20-41-22-42-21-24)17-16-38(8)25(32(31)40)10-11-28-37(7)14-13-29(49-30(45)19-35(3,4)34(47)48)36(5,6)27(37)12-15-39(28,38)9/h20-23,25,27-29H,10-19H2,1-9H3,(H,43,46)(H,47,48)/t25?,27?,28?,29-,37-,38+,39+,40+/m0/s1.